The largest absolute Gasteiger partial charge is 0.463 e. The summed E-state index contributed by atoms with van der Waals surface area (Å²) < 4.78 is 20.4. The molecule has 2 saturated heterocycles. The molecule has 0 radical (unpaired) electrons. The van der Waals surface area contributed by atoms with E-state index in [0.717, 1.165) is 6.92 Å². The van der Waals surface area contributed by atoms with Crippen molar-refractivity contribution in [3.05, 3.63) is 0 Å². The molecule has 2 aliphatic heterocycles. The molecule has 0 spiro atoms. The molecule has 0 aromatic heterocycles. The highest BCUT2D eigenvalue weighted by atomic mass is 16.8. The molecule has 0 bridgehead atoms. The van der Waals surface area contributed by atoms with Gasteiger partial charge in [-0.1, -0.05) is 0 Å². The Morgan fingerprint density at radius 3 is 2.19 bits per heavy atom. The molecule has 2 unspecified atom stereocenters. The van der Waals surface area contributed by atoms with Crippen molar-refractivity contribution >= 4 is 5.97 Å². The molecule has 26 heavy (non-hydrogen) atoms. The third-order valence-electron chi connectivity index (χ3n) is 4.34. The number of rotatable bonds is 6. The number of hydrogen-bond donors (Lipinski definition) is 7. The van der Waals surface area contributed by atoms with Crippen molar-refractivity contribution in [2.45, 2.75) is 61.7 Å². The zero-order chi connectivity index (χ0) is 19.6. The van der Waals surface area contributed by atoms with E-state index in [-0.39, 0.29) is 0 Å². The van der Waals surface area contributed by atoms with Crippen molar-refractivity contribution in [1.29, 1.82) is 0 Å². The average molecular weight is 384 g/mol. The van der Waals surface area contributed by atoms with Crippen molar-refractivity contribution in [3.63, 3.8) is 0 Å². The molecule has 0 aliphatic carbocycles. The second-order valence-corrected chi connectivity index (χ2v) is 6.18. The fraction of sp³-hybridized carbons (Fsp3) is 0.929. The van der Waals surface area contributed by atoms with Gasteiger partial charge in [-0.25, -0.2) is 0 Å². The number of carbonyl (C=O) groups excluding carboxylic acids is 1. The number of aliphatic hydroxyl groups is 7. The van der Waals surface area contributed by atoms with Crippen LogP contribution in [0.3, 0.4) is 0 Å². The smallest absolute Gasteiger partial charge is 0.302 e. The summed E-state index contributed by atoms with van der Waals surface area (Å²) in [4.78, 5) is 10.9. The molecule has 2 aliphatic rings. The molecule has 0 aromatic carbocycles. The lowest BCUT2D eigenvalue weighted by molar-refractivity contribution is -0.383. The molecular formula is C14H24O12. The Balaban J connectivity index is 2.15. The highest BCUT2D eigenvalue weighted by molar-refractivity contribution is 5.65. The molecule has 2 fully saturated rings. The summed E-state index contributed by atoms with van der Waals surface area (Å²) in [5.74, 6) is -2.93. The average Bonchev–Trinajstić information content (AvgIpc) is 2.85. The van der Waals surface area contributed by atoms with Crippen LogP contribution < -0.4 is 0 Å². The van der Waals surface area contributed by atoms with Crippen LogP contribution in [0.15, 0.2) is 0 Å². The van der Waals surface area contributed by atoms with Crippen LogP contribution in [0.25, 0.3) is 0 Å². The molecule has 2 rings (SSSR count). The minimum atomic E-state index is -2.27. The summed E-state index contributed by atoms with van der Waals surface area (Å²) >= 11 is 0. The molecule has 12 heteroatoms. The van der Waals surface area contributed by atoms with Gasteiger partial charge in [-0.15, -0.1) is 0 Å². The second kappa shape index (κ2) is 8.39. The van der Waals surface area contributed by atoms with Crippen LogP contribution in [0.1, 0.15) is 6.92 Å². The van der Waals surface area contributed by atoms with Gasteiger partial charge < -0.3 is 54.7 Å². The number of carbonyl (C=O) groups is 1. The molecule has 0 amide bonds. The van der Waals surface area contributed by atoms with E-state index in [1.54, 1.807) is 0 Å². The molecule has 0 aromatic rings. The third-order valence-corrected chi connectivity index (χ3v) is 4.34. The van der Waals surface area contributed by atoms with Gasteiger partial charge >= 0.3 is 5.97 Å². The lowest BCUT2D eigenvalue weighted by Gasteiger charge is -2.43. The maximum atomic E-state index is 10.9. The molecule has 0 saturated carbocycles. The molecular weight excluding hydrogens is 360 g/mol. The lowest BCUT2D eigenvalue weighted by Crippen LogP contribution is -2.62. The van der Waals surface area contributed by atoms with E-state index >= 15 is 0 Å². The Hall–Kier alpha value is -0.930. The van der Waals surface area contributed by atoms with Gasteiger partial charge in [0.1, 0.15) is 55.9 Å². The third kappa shape index (κ3) is 3.99. The first-order chi connectivity index (χ1) is 12.2. The van der Waals surface area contributed by atoms with Gasteiger partial charge in [0.25, 0.3) is 0 Å². The standard InChI is InChI=1S/C14H24O12/c1-5(17)23-3-7-9(19)12(22)14(4-16,25-7)26-13-11(21)10(20)8(18)6(2-15)24-13/h6-13,15-16,18-22H,2-4H2,1H3/t6-,7-,8-,9-,10+,11-,12+,13?,14?/m1/s1. The van der Waals surface area contributed by atoms with E-state index in [1.807, 2.05) is 0 Å². The van der Waals surface area contributed by atoms with Crippen LogP contribution in [0.4, 0.5) is 0 Å². The molecule has 9 atom stereocenters. The minimum Gasteiger partial charge on any atom is -0.463 e. The van der Waals surface area contributed by atoms with Crippen molar-refractivity contribution < 1.29 is 59.5 Å². The Morgan fingerprint density at radius 2 is 1.65 bits per heavy atom. The van der Waals surface area contributed by atoms with Crippen molar-refractivity contribution in [2.24, 2.45) is 0 Å². The summed E-state index contributed by atoms with van der Waals surface area (Å²) in [6.45, 7) is -1.01. The van der Waals surface area contributed by atoms with Crippen molar-refractivity contribution in [2.75, 3.05) is 19.8 Å². The van der Waals surface area contributed by atoms with E-state index in [2.05, 4.69) is 0 Å². The van der Waals surface area contributed by atoms with E-state index in [1.165, 1.54) is 0 Å². The summed E-state index contributed by atoms with van der Waals surface area (Å²) in [5.41, 5.74) is 0. The maximum absolute atomic E-state index is 10.9. The topological polar surface area (TPSA) is 196 Å². The Bertz CT molecular complexity index is 487. The summed E-state index contributed by atoms with van der Waals surface area (Å²) in [7, 11) is 0. The predicted molar refractivity (Wildman–Crippen MR) is 78.2 cm³/mol. The van der Waals surface area contributed by atoms with Crippen LogP contribution in [-0.2, 0) is 23.7 Å². The normalized spacial score (nSPS) is 46.3. The van der Waals surface area contributed by atoms with Gasteiger partial charge in [-0.2, -0.15) is 0 Å². The predicted octanol–water partition coefficient (Wildman–Crippen LogP) is -4.82. The number of aliphatic hydroxyl groups excluding tert-OH is 7. The van der Waals surface area contributed by atoms with E-state index in [9.17, 15) is 40.5 Å². The fourth-order valence-corrected chi connectivity index (χ4v) is 2.82. The number of esters is 1. The monoisotopic (exact) mass is 384 g/mol. The quantitative estimate of drug-likeness (QED) is 0.216. The summed E-state index contributed by atoms with van der Waals surface area (Å²) in [6, 6.07) is 0. The molecule has 7 N–H and O–H groups in total. The molecule has 152 valence electrons. The van der Waals surface area contributed by atoms with E-state index < -0.39 is 80.6 Å². The van der Waals surface area contributed by atoms with Crippen LogP contribution in [0.2, 0.25) is 0 Å². The summed E-state index contributed by atoms with van der Waals surface area (Å²) in [6.07, 6.45) is -12.9. The Morgan fingerprint density at radius 1 is 1.00 bits per heavy atom. The van der Waals surface area contributed by atoms with Crippen LogP contribution in [0, 0.1) is 0 Å². The molecule has 2 heterocycles. The fourth-order valence-electron chi connectivity index (χ4n) is 2.82. The van der Waals surface area contributed by atoms with Crippen LogP contribution >= 0.6 is 0 Å². The van der Waals surface area contributed by atoms with Crippen molar-refractivity contribution in [3.8, 4) is 0 Å². The van der Waals surface area contributed by atoms with E-state index in [4.69, 9.17) is 18.9 Å². The zero-order valence-corrected chi connectivity index (χ0v) is 13.9. The number of ether oxygens (including phenoxy) is 4. The lowest BCUT2D eigenvalue weighted by atomic mass is 9.99. The molecule has 12 nitrogen and oxygen atoms in total. The Kier molecular flexibility index (Phi) is 6.90. The van der Waals surface area contributed by atoms with Crippen LogP contribution in [-0.4, -0.2) is 116 Å². The van der Waals surface area contributed by atoms with Gasteiger partial charge in [0.05, 0.1) is 6.61 Å². The maximum Gasteiger partial charge on any atom is 0.302 e. The zero-order valence-electron chi connectivity index (χ0n) is 13.9. The van der Waals surface area contributed by atoms with Gasteiger partial charge in [-0.05, 0) is 0 Å². The van der Waals surface area contributed by atoms with Crippen LogP contribution in [0.5, 0.6) is 0 Å². The first-order valence-corrected chi connectivity index (χ1v) is 7.93. The van der Waals surface area contributed by atoms with Gasteiger partial charge in [-0.3, -0.25) is 4.79 Å². The Labute approximate surface area is 148 Å². The minimum absolute atomic E-state index is 0.437. The number of hydrogen-bond acceptors (Lipinski definition) is 12. The van der Waals surface area contributed by atoms with Crippen molar-refractivity contribution in [1.82, 2.24) is 0 Å². The SMILES string of the molecule is CC(=O)OC[C@H]1OC(CO)(OC2O[C@H](CO)[C@@H](O)[C@H](O)[C@H]2O)[C@@H](O)[C@@H]1O. The first-order valence-electron chi connectivity index (χ1n) is 7.93. The highest BCUT2D eigenvalue weighted by Crippen LogP contribution is 2.36. The van der Waals surface area contributed by atoms with E-state index in [0.29, 0.717) is 0 Å². The first kappa shape index (κ1) is 21.4. The highest BCUT2D eigenvalue weighted by Gasteiger charge is 2.58. The summed E-state index contributed by atoms with van der Waals surface area (Å²) in [5, 5.41) is 68.5. The van der Waals surface area contributed by atoms with Gasteiger partial charge in [0.15, 0.2) is 6.29 Å². The second-order valence-electron chi connectivity index (χ2n) is 6.18. The van der Waals surface area contributed by atoms with Gasteiger partial charge in [0.2, 0.25) is 5.79 Å². The van der Waals surface area contributed by atoms with Gasteiger partial charge in [0, 0.05) is 6.92 Å².